The van der Waals surface area contributed by atoms with E-state index in [1.165, 1.54) is 19.3 Å². The molecule has 1 saturated carbocycles. The van der Waals surface area contributed by atoms with Crippen LogP contribution in [0.2, 0.25) is 0 Å². The average molecular weight is 391 g/mol. The van der Waals surface area contributed by atoms with Gasteiger partial charge in [-0.05, 0) is 44.1 Å². The van der Waals surface area contributed by atoms with Crippen molar-refractivity contribution in [3.63, 3.8) is 0 Å². The molecule has 0 aliphatic heterocycles. The molecule has 4 N–H and O–H groups in total. The van der Waals surface area contributed by atoms with Crippen molar-refractivity contribution in [1.82, 2.24) is 10.2 Å². The molecule has 2 amide bonds. The summed E-state index contributed by atoms with van der Waals surface area (Å²) in [7, 11) is 2.16. The molecule has 0 atom stereocenters. The van der Waals surface area contributed by atoms with Gasteiger partial charge in [0.2, 0.25) is 0 Å². The molecular formula is C18H32Cl2N4O. The highest BCUT2D eigenvalue weighted by atomic mass is 35.5. The summed E-state index contributed by atoms with van der Waals surface area (Å²) in [6.45, 7) is 4.35. The molecule has 0 bridgehead atoms. The molecule has 2 rings (SSSR count). The van der Waals surface area contributed by atoms with Gasteiger partial charge in [0.05, 0.1) is 0 Å². The summed E-state index contributed by atoms with van der Waals surface area (Å²) in [6.07, 6.45) is 6.09. The Morgan fingerprint density at radius 1 is 1.24 bits per heavy atom. The molecule has 5 nitrogen and oxygen atoms in total. The number of carbonyl (C=O) groups is 1. The van der Waals surface area contributed by atoms with Crippen LogP contribution >= 0.6 is 24.8 Å². The summed E-state index contributed by atoms with van der Waals surface area (Å²) >= 11 is 0. The first-order valence-corrected chi connectivity index (χ1v) is 8.65. The Balaban J connectivity index is 0.00000288. The van der Waals surface area contributed by atoms with Gasteiger partial charge in [0.25, 0.3) is 0 Å². The SMILES string of the molecule is CCN(C)C1(CNC(=O)Nc2cccc(CN)c2)CCCCC1.Cl.Cl. The van der Waals surface area contributed by atoms with Crippen molar-refractivity contribution in [3.8, 4) is 0 Å². The Kier molecular flexibility index (Phi) is 11.1. The van der Waals surface area contributed by atoms with E-state index in [1.54, 1.807) is 0 Å². The van der Waals surface area contributed by atoms with E-state index in [1.807, 2.05) is 24.3 Å². The number of urea groups is 1. The van der Waals surface area contributed by atoms with Crippen LogP contribution in [0.5, 0.6) is 0 Å². The van der Waals surface area contributed by atoms with Crippen molar-refractivity contribution < 1.29 is 4.79 Å². The zero-order valence-electron chi connectivity index (χ0n) is 15.2. The van der Waals surface area contributed by atoms with Gasteiger partial charge in [0.1, 0.15) is 0 Å². The third-order valence-electron chi connectivity index (χ3n) is 5.07. The summed E-state index contributed by atoms with van der Waals surface area (Å²) in [5, 5.41) is 5.98. The van der Waals surface area contributed by atoms with Crippen molar-refractivity contribution in [1.29, 1.82) is 0 Å². The van der Waals surface area contributed by atoms with Crippen LogP contribution in [0.3, 0.4) is 0 Å². The second-order valence-corrected chi connectivity index (χ2v) is 6.51. The van der Waals surface area contributed by atoms with Gasteiger partial charge in [-0.2, -0.15) is 0 Å². The van der Waals surface area contributed by atoms with E-state index in [9.17, 15) is 4.79 Å². The first-order chi connectivity index (χ1) is 11.1. The van der Waals surface area contributed by atoms with E-state index in [-0.39, 0.29) is 36.4 Å². The summed E-state index contributed by atoms with van der Waals surface area (Å²) in [4.78, 5) is 14.6. The Bertz CT molecular complexity index is 522. The maximum absolute atomic E-state index is 12.2. The van der Waals surface area contributed by atoms with Gasteiger partial charge in [-0.3, -0.25) is 4.90 Å². The number of nitrogens with two attached hydrogens (primary N) is 1. The third-order valence-corrected chi connectivity index (χ3v) is 5.07. The smallest absolute Gasteiger partial charge is 0.319 e. The monoisotopic (exact) mass is 390 g/mol. The quantitative estimate of drug-likeness (QED) is 0.692. The third kappa shape index (κ3) is 6.66. The number of likely N-dealkylation sites (N-methyl/N-ethyl adjacent to an activating group) is 1. The molecule has 1 aliphatic rings. The molecule has 0 unspecified atom stereocenters. The number of benzene rings is 1. The second-order valence-electron chi connectivity index (χ2n) is 6.51. The largest absolute Gasteiger partial charge is 0.336 e. The van der Waals surface area contributed by atoms with E-state index in [0.717, 1.165) is 30.6 Å². The van der Waals surface area contributed by atoms with Crippen molar-refractivity contribution in [2.45, 2.75) is 51.1 Å². The van der Waals surface area contributed by atoms with Crippen molar-refractivity contribution in [3.05, 3.63) is 29.8 Å². The first kappa shape index (κ1) is 24.0. The summed E-state index contributed by atoms with van der Waals surface area (Å²) in [6, 6.07) is 7.51. The zero-order valence-corrected chi connectivity index (χ0v) is 16.8. The predicted octanol–water partition coefficient (Wildman–Crippen LogP) is 3.77. The topological polar surface area (TPSA) is 70.4 Å². The first-order valence-electron chi connectivity index (χ1n) is 8.65. The minimum absolute atomic E-state index is 0. The van der Waals surface area contributed by atoms with Crippen LogP contribution in [0, 0.1) is 0 Å². The van der Waals surface area contributed by atoms with E-state index < -0.39 is 0 Å². The van der Waals surface area contributed by atoms with Crippen LogP contribution in [0.15, 0.2) is 24.3 Å². The predicted molar refractivity (Wildman–Crippen MR) is 110 cm³/mol. The molecular weight excluding hydrogens is 359 g/mol. The number of hydrogen-bond donors (Lipinski definition) is 3. The molecule has 0 heterocycles. The van der Waals surface area contributed by atoms with Gasteiger partial charge in [-0.25, -0.2) is 4.79 Å². The fraction of sp³-hybridized carbons (Fsp3) is 0.611. The van der Waals surface area contributed by atoms with Crippen LogP contribution in [0.1, 0.15) is 44.6 Å². The van der Waals surface area contributed by atoms with Crippen molar-refractivity contribution in [2.24, 2.45) is 5.73 Å². The number of anilines is 1. The molecule has 1 aromatic rings. The Labute approximate surface area is 163 Å². The average Bonchev–Trinajstić information content (AvgIpc) is 2.60. The van der Waals surface area contributed by atoms with Crippen molar-refractivity contribution in [2.75, 3.05) is 25.5 Å². The molecule has 25 heavy (non-hydrogen) atoms. The molecule has 7 heteroatoms. The maximum Gasteiger partial charge on any atom is 0.319 e. The number of nitrogens with one attached hydrogen (secondary N) is 2. The highest BCUT2D eigenvalue weighted by Gasteiger charge is 2.35. The number of hydrogen-bond acceptors (Lipinski definition) is 3. The standard InChI is InChI=1S/C18H30N4O.2ClH/c1-3-22(2)18(10-5-4-6-11-18)14-20-17(23)21-16-9-7-8-15(12-16)13-19;;/h7-9,12H,3-6,10-11,13-14,19H2,1-2H3,(H2,20,21,23);2*1H. The molecule has 0 saturated heterocycles. The molecule has 1 fully saturated rings. The highest BCUT2D eigenvalue weighted by Crippen LogP contribution is 2.32. The summed E-state index contributed by atoms with van der Waals surface area (Å²) in [5.41, 5.74) is 7.53. The fourth-order valence-corrected chi connectivity index (χ4v) is 3.43. The highest BCUT2D eigenvalue weighted by molar-refractivity contribution is 5.89. The van der Waals surface area contributed by atoms with Gasteiger partial charge in [0, 0.05) is 24.3 Å². The van der Waals surface area contributed by atoms with Gasteiger partial charge in [-0.15, -0.1) is 24.8 Å². The Hall–Kier alpha value is -1.01. The maximum atomic E-state index is 12.2. The molecule has 144 valence electrons. The molecule has 0 aromatic heterocycles. The molecule has 1 aliphatic carbocycles. The van der Waals surface area contributed by atoms with E-state index in [2.05, 4.69) is 29.5 Å². The lowest BCUT2D eigenvalue weighted by Gasteiger charge is -2.44. The minimum atomic E-state index is -0.145. The molecule has 0 spiro atoms. The van der Waals surface area contributed by atoms with Gasteiger partial charge in [0.15, 0.2) is 0 Å². The zero-order chi connectivity index (χ0) is 16.7. The van der Waals surface area contributed by atoms with Crippen LogP contribution < -0.4 is 16.4 Å². The lowest BCUT2D eigenvalue weighted by Crippen LogP contribution is -2.55. The number of rotatable bonds is 6. The van der Waals surface area contributed by atoms with Crippen LogP contribution in [0.25, 0.3) is 0 Å². The number of nitrogens with zero attached hydrogens (tertiary/aromatic N) is 1. The lowest BCUT2D eigenvalue weighted by atomic mass is 9.80. The van der Waals surface area contributed by atoms with Gasteiger partial charge in [-0.1, -0.05) is 38.3 Å². The lowest BCUT2D eigenvalue weighted by molar-refractivity contribution is 0.0817. The van der Waals surface area contributed by atoms with E-state index in [4.69, 9.17) is 5.73 Å². The van der Waals surface area contributed by atoms with Crippen LogP contribution in [-0.2, 0) is 6.54 Å². The minimum Gasteiger partial charge on any atom is -0.336 e. The Morgan fingerprint density at radius 2 is 1.92 bits per heavy atom. The normalized spacial score (nSPS) is 15.7. The molecule has 1 aromatic carbocycles. The van der Waals surface area contributed by atoms with E-state index in [0.29, 0.717) is 13.1 Å². The number of carbonyl (C=O) groups excluding carboxylic acids is 1. The fourth-order valence-electron chi connectivity index (χ4n) is 3.43. The summed E-state index contributed by atoms with van der Waals surface area (Å²) in [5.74, 6) is 0. The number of amides is 2. The Morgan fingerprint density at radius 3 is 2.52 bits per heavy atom. The van der Waals surface area contributed by atoms with Gasteiger partial charge >= 0.3 is 6.03 Å². The van der Waals surface area contributed by atoms with E-state index >= 15 is 0 Å². The van der Waals surface area contributed by atoms with Crippen LogP contribution in [0.4, 0.5) is 10.5 Å². The van der Waals surface area contributed by atoms with Crippen LogP contribution in [-0.4, -0.2) is 36.6 Å². The summed E-state index contributed by atoms with van der Waals surface area (Å²) < 4.78 is 0. The number of halogens is 2. The van der Waals surface area contributed by atoms with Gasteiger partial charge < -0.3 is 16.4 Å². The molecule has 0 radical (unpaired) electrons. The second kappa shape index (κ2) is 11.6. The van der Waals surface area contributed by atoms with Crippen molar-refractivity contribution >= 4 is 36.5 Å².